The van der Waals surface area contributed by atoms with E-state index in [1.165, 1.54) is 32.1 Å². The van der Waals surface area contributed by atoms with Gasteiger partial charge in [-0.15, -0.1) is 0 Å². The summed E-state index contributed by atoms with van der Waals surface area (Å²) in [6.45, 7) is 13.8. The van der Waals surface area contributed by atoms with Gasteiger partial charge >= 0.3 is 0 Å². The van der Waals surface area contributed by atoms with Crippen LogP contribution >= 0.6 is 0 Å². The highest BCUT2D eigenvalue weighted by molar-refractivity contribution is 4.88. The molecule has 2 heteroatoms. The molecule has 0 aromatic rings. The van der Waals surface area contributed by atoms with Crippen LogP contribution in [0.3, 0.4) is 0 Å². The smallest absolute Gasteiger partial charge is 0.0610 e. The van der Waals surface area contributed by atoms with Gasteiger partial charge < -0.3 is 9.84 Å². The van der Waals surface area contributed by atoms with Crippen LogP contribution in [-0.4, -0.2) is 22.9 Å². The predicted molar refractivity (Wildman–Crippen MR) is 83.4 cm³/mol. The third-order valence-corrected chi connectivity index (χ3v) is 3.68. The van der Waals surface area contributed by atoms with Crippen molar-refractivity contribution in [2.45, 2.75) is 98.4 Å². The van der Waals surface area contributed by atoms with Gasteiger partial charge in [0.2, 0.25) is 0 Å². The van der Waals surface area contributed by atoms with Crippen molar-refractivity contribution in [3.05, 3.63) is 0 Å². The minimum Gasteiger partial charge on any atom is -0.391 e. The lowest BCUT2D eigenvalue weighted by molar-refractivity contribution is 0.0125. The van der Waals surface area contributed by atoms with Crippen LogP contribution in [0, 0.1) is 11.8 Å². The molecule has 1 saturated carbocycles. The van der Waals surface area contributed by atoms with Crippen LogP contribution in [0.25, 0.3) is 0 Å². The van der Waals surface area contributed by atoms with E-state index >= 15 is 0 Å². The molecule has 0 aromatic carbocycles. The molecule has 1 heterocycles. The summed E-state index contributed by atoms with van der Waals surface area (Å²) in [6.07, 6.45) is 8.01. The SMILES string of the molecule is CC.CC(C)(C)O.CCC1CCC[C@H]2O[C@@H](C)C[C@@H]12. The molecular weight excluding hydrogens is 236 g/mol. The van der Waals surface area contributed by atoms with E-state index in [9.17, 15) is 0 Å². The van der Waals surface area contributed by atoms with Crippen LogP contribution in [0.15, 0.2) is 0 Å². The molecule has 1 unspecified atom stereocenters. The molecule has 2 fully saturated rings. The Morgan fingerprint density at radius 1 is 1.16 bits per heavy atom. The third kappa shape index (κ3) is 7.94. The van der Waals surface area contributed by atoms with E-state index < -0.39 is 5.60 Å². The Bertz CT molecular complexity index is 208. The van der Waals surface area contributed by atoms with Crippen LogP contribution in [0.4, 0.5) is 0 Å². The van der Waals surface area contributed by atoms with Gasteiger partial charge in [-0.1, -0.05) is 40.0 Å². The van der Waals surface area contributed by atoms with Crippen molar-refractivity contribution in [3.63, 3.8) is 0 Å². The van der Waals surface area contributed by atoms with E-state index in [1.54, 1.807) is 20.8 Å². The Morgan fingerprint density at radius 3 is 2.16 bits per heavy atom. The van der Waals surface area contributed by atoms with Gasteiger partial charge in [0.25, 0.3) is 0 Å². The van der Waals surface area contributed by atoms with E-state index in [1.807, 2.05) is 13.8 Å². The average Bonchev–Trinajstić information content (AvgIpc) is 2.69. The van der Waals surface area contributed by atoms with Gasteiger partial charge in [-0.3, -0.25) is 0 Å². The zero-order valence-electron chi connectivity index (χ0n) is 14.2. The molecule has 1 aliphatic heterocycles. The second kappa shape index (κ2) is 8.97. The Kier molecular flexibility index (Phi) is 8.93. The van der Waals surface area contributed by atoms with Crippen LogP contribution < -0.4 is 0 Å². The summed E-state index contributed by atoms with van der Waals surface area (Å²) in [5, 5.41) is 8.52. The first-order valence-electron chi connectivity index (χ1n) is 8.19. The summed E-state index contributed by atoms with van der Waals surface area (Å²) < 4.78 is 5.90. The summed E-state index contributed by atoms with van der Waals surface area (Å²) in [5.74, 6) is 1.87. The molecule has 19 heavy (non-hydrogen) atoms. The summed E-state index contributed by atoms with van der Waals surface area (Å²) in [4.78, 5) is 0. The predicted octanol–water partition coefficient (Wildman–Crippen LogP) is 4.79. The summed E-state index contributed by atoms with van der Waals surface area (Å²) >= 11 is 0. The largest absolute Gasteiger partial charge is 0.391 e. The Balaban J connectivity index is 0.000000396. The van der Waals surface area contributed by atoms with Crippen molar-refractivity contribution < 1.29 is 9.84 Å². The van der Waals surface area contributed by atoms with Crippen molar-refractivity contribution in [2.24, 2.45) is 11.8 Å². The zero-order chi connectivity index (χ0) is 15.1. The highest BCUT2D eigenvalue weighted by Crippen LogP contribution is 2.42. The van der Waals surface area contributed by atoms with Crippen molar-refractivity contribution >= 4 is 0 Å². The van der Waals surface area contributed by atoms with Crippen molar-refractivity contribution in [1.82, 2.24) is 0 Å². The first-order valence-corrected chi connectivity index (χ1v) is 8.19. The fourth-order valence-electron chi connectivity index (χ4n) is 3.07. The van der Waals surface area contributed by atoms with Crippen molar-refractivity contribution in [1.29, 1.82) is 0 Å². The molecule has 4 atom stereocenters. The number of rotatable bonds is 1. The van der Waals surface area contributed by atoms with Crippen LogP contribution in [0.5, 0.6) is 0 Å². The van der Waals surface area contributed by atoms with Crippen LogP contribution in [0.1, 0.15) is 80.6 Å². The van der Waals surface area contributed by atoms with E-state index in [2.05, 4.69) is 13.8 Å². The second-order valence-corrected chi connectivity index (χ2v) is 6.65. The third-order valence-electron chi connectivity index (χ3n) is 3.68. The zero-order valence-corrected chi connectivity index (χ0v) is 14.2. The molecule has 0 aromatic heterocycles. The number of ether oxygens (including phenoxy) is 1. The van der Waals surface area contributed by atoms with E-state index in [-0.39, 0.29) is 0 Å². The maximum atomic E-state index is 8.52. The topological polar surface area (TPSA) is 29.5 Å². The molecule has 116 valence electrons. The van der Waals surface area contributed by atoms with Gasteiger partial charge in [-0.2, -0.15) is 0 Å². The van der Waals surface area contributed by atoms with Crippen LogP contribution in [0.2, 0.25) is 0 Å². The van der Waals surface area contributed by atoms with Crippen LogP contribution in [-0.2, 0) is 4.74 Å². The Morgan fingerprint density at radius 2 is 1.68 bits per heavy atom. The average molecular weight is 272 g/mol. The molecule has 2 aliphatic rings. The van der Waals surface area contributed by atoms with Crippen molar-refractivity contribution in [2.75, 3.05) is 0 Å². The fourth-order valence-corrected chi connectivity index (χ4v) is 3.07. The first-order chi connectivity index (χ1) is 8.81. The lowest BCUT2D eigenvalue weighted by Crippen LogP contribution is -2.28. The number of hydrogen-bond acceptors (Lipinski definition) is 2. The molecule has 0 spiro atoms. The van der Waals surface area contributed by atoms with E-state index in [0.29, 0.717) is 12.2 Å². The molecule has 2 rings (SSSR count). The molecule has 2 nitrogen and oxygen atoms in total. The van der Waals surface area contributed by atoms with Gasteiger partial charge in [0.05, 0.1) is 17.8 Å². The van der Waals surface area contributed by atoms with Gasteiger partial charge in [0.1, 0.15) is 0 Å². The molecule has 0 amide bonds. The monoisotopic (exact) mass is 272 g/mol. The molecule has 0 radical (unpaired) electrons. The minimum absolute atomic E-state index is 0.500. The normalized spacial score (nSPS) is 33.5. The second-order valence-electron chi connectivity index (χ2n) is 6.65. The number of hydrogen-bond donors (Lipinski definition) is 1. The molecular formula is C17H36O2. The lowest BCUT2D eigenvalue weighted by atomic mass is 9.75. The number of aliphatic hydroxyl groups is 1. The quantitative estimate of drug-likeness (QED) is 0.743. The molecule has 0 bridgehead atoms. The molecule has 1 aliphatic carbocycles. The maximum absolute atomic E-state index is 8.52. The minimum atomic E-state index is -0.500. The molecule has 1 N–H and O–H groups in total. The highest BCUT2D eigenvalue weighted by Gasteiger charge is 2.39. The summed E-state index contributed by atoms with van der Waals surface area (Å²) in [7, 11) is 0. The first kappa shape index (κ1) is 18.9. The lowest BCUT2D eigenvalue weighted by Gasteiger charge is -2.31. The Hall–Kier alpha value is -0.0800. The summed E-state index contributed by atoms with van der Waals surface area (Å²) in [5.41, 5.74) is -0.500. The standard InChI is InChI=1S/C11H20O.C4H10O.C2H6/c1-3-9-5-4-6-11-10(9)7-8(2)12-11;1-4(2,3)5;1-2/h8-11H,3-7H2,1-2H3;5H,1-3H3;1-2H3/t8-,9?,10-,11+;;/m0../s1. The fraction of sp³-hybridized carbons (Fsp3) is 1.00. The van der Waals surface area contributed by atoms with Crippen molar-refractivity contribution in [3.8, 4) is 0 Å². The van der Waals surface area contributed by atoms with Gasteiger partial charge in [-0.05, 0) is 52.4 Å². The molecule has 1 saturated heterocycles. The van der Waals surface area contributed by atoms with Gasteiger partial charge in [-0.25, -0.2) is 0 Å². The van der Waals surface area contributed by atoms with Gasteiger partial charge in [0, 0.05) is 0 Å². The van der Waals surface area contributed by atoms with E-state index in [0.717, 1.165) is 11.8 Å². The Labute approximate surface area is 120 Å². The van der Waals surface area contributed by atoms with Gasteiger partial charge in [0.15, 0.2) is 0 Å². The van der Waals surface area contributed by atoms with E-state index in [4.69, 9.17) is 9.84 Å². The number of fused-ring (bicyclic) bond motifs is 1. The maximum Gasteiger partial charge on any atom is 0.0610 e. The highest BCUT2D eigenvalue weighted by atomic mass is 16.5. The summed E-state index contributed by atoms with van der Waals surface area (Å²) in [6, 6.07) is 0.